The maximum absolute atomic E-state index is 5.90. The van der Waals surface area contributed by atoms with Gasteiger partial charge in [-0.15, -0.1) is 0 Å². The summed E-state index contributed by atoms with van der Waals surface area (Å²) in [5, 5.41) is 4.04. The van der Waals surface area contributed by atoms with E-state index in [1.807, 2.05) is 24.3 Å². The van der Waals surface area contributed by atoms with E-state index in [0.29, 0.717) is 5.92 Å². The monoisotopic (exact) mass is 269 g/mol. The number of anilines is 1. The average molecular weight is 270 g/mol. The highest BCUT2D eigenvalue weighted by molar-refractivity contribution is 6.30. The minimum absolute atomic E-state index is 0.671. The second-order valence-electron chi connectivity index (χ2n) is 4.57. The number of hydrogen-bond donors (Lipinski definition) is 1. The van der Waals surface area contributed by atoms with E-state index in [4.69, 9.17) is 21.1 Å². The van der Waals surface area contributed by atoms with Gasteiger partial charge < -0.3 is 14.8 Å². The molecular formula is C14H20ClNO2. The Morgan fingerprint density at radius 1 is 1.33 bits per heavy atom. The highest BCUT2D eigenvalue weighted by Crippen LogP contribution is 2.15. The Kier molecular flexibility index (Phi) is 5.78. The van der Waals surface area contributed by atoms with Gasteiger partial charge in [0, 0.05) is 37.1 Å². The SMILES string of the molecule is Clc1cccc(NCCOCC2CCOCC2)c1. The van der Waals surface area contributed by atoms with Gasteiger partial charge in [-0.3, -0.25) is 0 Å². The zero-order valence-electron chi connectivity index (χ0n) is 10.5. The first-order chi connectivity index (χ1) is 8.84. The minimum Gasteiger partial charge on any atom is -0.383 e. The van der Waals surface area contributed by atoms with E-state index in [0.717, 1.165) is 56.5 Å². The van der Waals surface area contributed by atoms with Gasteiger partial charge in [0.05, 0.1) is 6.61 Å². The maximum Gasteiger partial charge on any atom is 0.0639 e. The van der Waals surface area contributed by atoms with Crippen LogP contribution in [0.15, 0.2) is 24.3 Å². The number of benzene rings is 1. The summed E-state index contributed by atoms with van der Waals surface area (Å²) in [6.07, 6.45) is 2.25. The van der Waals surface area contributed by atoms with E-state index >= 15 is 0 Å². The molecule has 1 saturated heterocycles. The summed E-state index contributed by atoms with van der Waals surface area (Å²) in [5.41, 5.74) is 1.04. The predicted octanol–water partition coefficient (Wildman–Crippen LogP) is 3.20. The molecule has 100 valence electrons. The van der Waals surface area contributed by atoms with E-state index in [9.17, 15) is 0 Å². The van der Waals surface area contributed by atoms with Gasteiger partial charge in [-0.1, -0.05) is 17.7 Å². The Balaban J connectivity index is 1.55. The topological polar surface area (TPSA) is 30.5 Å². The lowest BCUT2D eigenvalue weighted by Gasteiger charge is -2.21. The molecule has 0 spiro atoms. The largest absolute Gasteiger partial charge is 0.383 e. The van der Waals surface area contributed by atoms with E-state index < -0.39 is 0 Å². The summed E-state index contributed by atoms with van der Waals surface area (Å²) in [5.74, 6) is 0.671. The molecule has 3 nitrogen and oxygen atoms in total. The highest BCUT2D eigenvalue weighted by Gasteiger charge is 2.13. The summed E-state index contributed by atoms with van der Waals surface area (Å²) in [6.45, 7) is 4.15. The van der Waals surface area contributed by atoms with Crippen LogP contribution < -0.4 is 5.32 Å². The Labute approximate surface area is 113 Å². The van der Waals surface area contributed by atoms with Crippen LogP contribution in [0.5, 0.6) is 0 Å². The zero-order chi connectivity index (χ0) is 12.6. The molecule has 0 atom stereocenters. The van der Waals surface area contributed by atoms with E-state index in [1.54, 1.807) is 0 Å². The lowest BCUT2D eigenvalue weighted by atomic mass is 10.0. The second-order valence-corrected chi connectivity index (χ2v) is 5.00. The van der Waals surface area contributed by atoms with Crippen LogP contribution in [-0.2, 0) is 9.47 Å². The van der Waals surface area contributed by atoms with Crippen molar-refractivity contribution in [3.63, 3.8) is 0 Å². The Hall–Kier alpha value is -0.770. The van der Waals surface area contributed by atoms with Crippen molar-refractivity contribution < 1.29 is 9.47 Å². The molecule has 0 radical (unpaired) electrons. The van der Waals surface area contributed by atoms with Crippen molar-refractivity contribution in [1.82, 2.24) is 0 Å². The molecule has 2 rings (SSSR count). The van der Waals surface area contributed by atoms with Crippen LogP contribution in [0, 0.1) is 5.92 Å². The van der Waals surface area contributed by atoms with Gasteiger partial charge in [0.25, 0.3) is 0 Å². The number of nitrogens with one attached hydrogen (secondary N) is 1. The third kappa shape index (κ3) is 4.84. The van der Waals surface area contributed by atoms with Gasteiger partial charge in [0.2, 0.25) is 0 Å². The molecule has 0 amide bonds. The summed E-state index contributed by atoms with van der Waals surface area (Å²) < 4.78 is 11.0. The fourth-order valence-corrected chi connectivity index (χ4v) is 2.22. The molecule has 1 aliphatic heterocycles. The average Bonchev–Trinajstić information content (AvgIpc) is 2.40. The lowest BCUT2D eigenvalue weighted by molar-refractivity contribution is 0.0231. The molecule has 1 fully saturated rings. The molecule has 1 N–H and O–H groups in total. The van der Waals surface area contributed by atoms with E-state index in [2.05, 4.69) is 5.32 Å². The summed E-state index contributed by atoms with van der Waals surface area (Å²) in [4.78, 5) is 0. The molecule has 4 heteroatoms. The molecular weight excluding hydrogens is 250 g/mol. The number of halogens is 1. The van der Waals surface area contributed by atoms with Crippen molar-refractivity contribution in [3.05, 3.63) is 29.3 Å². The number of hydrogen-bond acceptors (Lipinski definition) is 3. The quantitative estimate of drug-likeness (QED) is 0.805. The van der Waals surface area contributed by atoms with Crippen LogP contribution >= 0.6 is 11.6 Å². The fourth-order valence-electron chi connectivity index (χ4n) is 2.03. The van der Waals surface area contributed by atoms with Crippen LogP contribution in [0.3, 0.4) is 0 Å². The van der Waals surface area contributed by atoms with Crippen molar-refractivity contribution >= 4 is 17.3 Å². The van der Waals surface area contributed by atoms with Gasteiger partial charge >= 0.3 is 0 Å². The van der Waals surface area contributed by atoms with Crippen LogP contribution in [0.1, 0.15) is 12.8 Å². The van der Waals surface area contributed by atoms with Crippen molar-refractivity contribution in [2.24, 2.45) is 5.92 Å². The van der Waals surface area contributed by atoms with Crippen molar-refractivity contribution in [2.45, 2.75) is 12.8 Å². The Morgan fingerprint density at radius 2 is 2.17 bits per heavy atom. The lowest BCUT2D eigenvalue weighted by Crippen LogP contribution is -2.21. The van der Waals surface area contributed by atoms with Crippen molar-refractivity contribution in [2.75, 3.05) is 38.3 Å². The predicted molar refractivity (Wildman–Crippen MR) is 74.3 cm³/mol. The minimum atomic E-state index is 0.671. The fraction of sp³-hybridized carbons (Fsp3) is 0.571. The van der Waals surface area contributed by atoms with Crippen LogP contribution in [0.25, 0.3) is 0 Å². The first-order valence-electron chi connectivity index (χ1n) is 6.49. The molecule has 0 saturated carbocycles. The summed E-state index contributed by atoms with van der Waals surface area (Å²) in [7, 11) is 0. The Bertz CT molecular complexity index is 353. The first-order valence-corrected chi connectivity index (χ1v) is 6.87. The molecule has 0 bridgehead atoms. The third-order valence-electron chi connectivity index (χ3n) is 3.09. The normalized spacial score (nSPS) is 16.7. The van der Waals surface area contributed by atoms with Gasteiger partial charge in [0.1, 0.15) is 0 Å². The number of rotatable bonds is 6. The smallest absolute Gasteiger partial charge is 0.0639 e. The standard InChI is InChI=1S/C14H20ClNO2/c15-13-2-1-3-14(10-13)16-6-9-18-11-12-4-7-17-8-5-12/h1-3,10,12,16H,4-9,11H2. The summed E-state index contributed by atoms with van der Waals surface area (Å²) in [6, 6.07) is 7.73. The van der Waals surface area contributed by atoms with Crippen molar-refractivity contribution in [3.8, 4) is 0 Å². The maximum atomic E-state index is 5.90. The van der Waals surface area contributed by atoms with Crippen molar-refractivity contribution in [1.29, 1.82) is 0 Å². The van der Waals surface area contributed by atoms with E-state index in [1.165, 1.54) is 0 Å². The molecule has 0 aliphatic carbocycles. The van der Waals surface area contributed by atoms with Crippen LogP contribution in [0.2, 0.25) is 5.02 Å². The van der Waals surface area contributed by atoms with Crippen LogP contribution in [-0.4, -0.2) is 33.0 Å². The zero-order valence-corrected chi connectivity index (χ0v) is 11.3. The van der Waals surface area contributed by atoms with Crippen LogP contribution in [0.4, 0.5) is 5.69 Å². The third-order valence-corrected chi connectivity index (χ3v) is 3.33. The molecule has 0 aromatic heterocycles. The summed E-state index contributed by atoms with van der Waals surface area (Å²) >= 11 is 5.90. The molecule has 1 aromatic rings. The Morgan fingerprint density at radius 3 is 2.94 bits per heavy atom. The second kappa shape index (κ2) is 7.62. The molecule has 1 heterocycles. The number of ether oxygens (including phenoxy) is 2. The van der Waals surface area contributed by atoms with Gasteiger partial charge in [-0.05, 0) is 37.0 Å². The van der Waals surface area contributed by atoms with Gasteiger partial charge in [-0.2, -0.15) is 0 Å². The highest BCUT2D eigenvalue weighted by atomic mass is 35.5. The van der Waals surface area contributed by atoms with E-state index in [-0.39, 0.29) is 0 Å². The first kappa shape index (κ1) is 13.7. The molecule has 1 aromatic carbocycles. The molecule has 0 unspecified atom stereocenters. The van der Waals surface area contributed by atoms with Gasteiger partial charge in [0.15, 0.2) is 0 Å². The molecule has 18 heavy (non-hydrogen) atoms. The molecule has 1 aliphatic rings. The van der Waals surface area contributed by atoms with Gasteiger partial charge in [-0.25, -0.2) is 0 Å².